The molecular weight excluding hydrogens is 260 g/mol. The first-order valence-electron chi connectivity index (χ1n) is 6.81. The number of carbonyl (C=O) groups is 1. The van der Waals surface area contributed by atoms with E-state index in [0.29, 0.717) is 0 Å². The summed E-state index contributed by atoms with van der Waals surface area (Å²) in [7, 11) is 1.70. The van der Waals surface area contributed by atoms with Gasteiger partial charge in [0, 0.05) is 24.3 Å². The van der Waals surface area contributed by atoms with E-state index in [2.05, 4.69) is 24.1 Å². The number of rotatable bonds is 3. The number of anilines is 1. The predicted octanol–water partition coefficient (Wildman–Crippen LogP) is 2.86. The van der Waals surface area contributed by atoms with Gasteiger partial charge >= 0.3 is 0 Å². The molecule has 1 amide bonds. The number of fused-ring (bicyclic) bond motifs is 1. The van der Waals surface area contributed by atoms with Crippen LogP contribution in [0.25, 0.3) is 0 Å². The Morgan fingerprint density at radius 3 is 2.79 bits per heavy atom. The number of carbonyl (C=O) groups excluding carboxylic acids is 1. The van der Waals surface area contributed by atoms with Crippen LogP contribution in [-0.4, -0.2) is 25.5 Å². The van der Waals surface area contributed by atoms with Crippen molar-refractivity contribution in [1.82, 2.24) is 5.32 Å². The first-order valence-corrected chi connectivity index (χ1v) is 7.19. The first-order chi connectivity index (χ1) is 9.04. The highest BCUT2D eigenvalue weighted by molar-refractivity contribution is 6.30. The molecule has 0 aromatic heterocycles. The molecule has 0 saturated carbocycles. The number of hydrogen-bond acceptors (Lipinski definition) is 2. The quantitative estimate of drug-likeness (QED) is 0.923. The molecule has 0 radical (unpaired) electrons. The van der Waals surface area contributed by atoms with E-state index in [-0.39, 0.29) is 17.9 Å². The topological polar surface area (TPSA) is 32.3 Å². The highest BCUT2D eigenvalue weighted by Gasteiger charge is 2.31. The fourth-order valence-corrected chi connectivity index (χ4v) is 3.03. The highest BCUT2D eigenvalue weighted by atomic mass is 35.5. The summed E-state index contributed by atoms with van der Waals surface area (Å²) in [4.78, 5) is 14.4. The number of nitrogens with zero attached hydrogens (tertiary/aromatic N) is 1. The summed E-state index contributed by atoms with van der Waals surface area (Å²) in [5.41, 5.74) is 2.39. The molecule has 1 heterocycles. The number of halogens is 1. The highest BCUT2D eigenvalue weighted by Crippen LogP contribution is 2.32. The van der Waals surface area contributed by atoms with Crippen molar-refractivity contribution in [3.63, 3.8) is 0 Å². The van der Waals surface area contributed by atoms with Crippen LogP contribution in [0.2, 0.25) is 5.02 Å². The lowest BCUT2D eigenvalue weighted by Gasteiger charge is -2.39. The van der Waals surface area contributed by atoms with Crippen LogP contribution in [0.1, 0.15) is 25.8 Å². The molecule has 0 fully saturated rings. The van der Waals surface area contributed by atoms with Crippen molar-refractivity contribution in [2.45, 2.75) is 32.7 Å². The summed E-state index contributed by atoms with van der Waals surface area (Å²) in [5.74, 6) is 0.347. The molecule has 0 bridgehead atoms. The average molecular weight is 281 g/mol. The molecule has 1 N–H and O–H groups in total. The second-order valence-corrected chi connectivity index (χ2v) is 5.81. The van der Waals surface area contributed by atoms with Crippen LogP contribution < -0.4 is 10.2 Å². The van der Waals surface area contributed by atoms with E-state index in [1.165, 1.54) is 5.56 Å². The van der Waals surface area contributed by atoms with E-state index in [1.54, 1.807) is 7.05 Å². The van der Waals surface area contributed by atoms with Crippen molar-refractivity contribution in [3.05, 3.63) is 28.8 Å². The van der Waals surface area contributed by atoms with E-state index < -0.39 is 0 Å². The number of hydrogen-bond donors (Lipinski definition) is 1. The number of nitrogens with one attached hydrogen (secondary N) is 1. The zero-order valence-corrected chi connectivity index (χ0v) is 12.5. The molecule has 0 saturated heterocycles. The monoisotopic (exact) mass is 280 g/mol. The maximum absolute atomic E-state index is 12.2. The lowest BCUT2D eigenvalue weighted by Crippen LogP contribution is -2.51. The second kappa shape index (κ2) is 5.83. The molecule has 1 aliphatic rings. The van der Waals surface area contributed by atoms with Gasteiger partial charge in [0.2, 0.25) is 5.91 Å². The minimum absolute atomic E-state index is 0.0813. The second-order valence-electron chi connectivity index (χ2n) is 5.37. The zero-order chi connectivity index (χ0) is 14.0. The lowest BCUT2D eigenvalue weighted by molar-refractivity contribution is -0.122. The normalized spacial score (nSPS) is 16.2. The molecule has 0 spiro atoms. The maximum Gasteiger partial charge on any atom is 0.242 e. The summed E-state index contributed by atoms with van der Waals surface area (Å²) in [6.45, 7) is 5.10. The number of benzene rings is 1. The van der Waals surface area contributed by atoms with E-state index in [0.717, 1.165) is 30.1 Å². The van der Waals surface area contributed by atoms with Crippen LogP contribution in [0.5, 0.6) is 0 Å². The number of aryl methyl sites for hydroxylation is 1. The van der Waals surface area contributed by atoms with Gasteiger partial charge in [0.15, 0.2) is 0 Å². The van der Waals surface area contributed by atoms with E-state index in [1.807, 2.05) is 18.2 Å². The molecule has 19 heavy (non-hydrogen) atoms. The molecule has 2 rings (SSSR count). The van der Waals surface area contributed by atoms with Crippen molar-refractivity contribution in [3.8, 4) is 0 Å². The first kappa shape index (κ1) is 14.2. The SMILES string of the molecule is CNC(=O)C(C(C)C)N1CCCc2cc(Cl)ccc21. The van der Waals surface area contributed by atoms with Gasteiger partial charge in [-0.15, -0.1) is 0 Å². The van der Waals surface area contributed by atoms with Gasteiger partial charge in [0.05, 0.1) is 0 Å². The molecular formula is C15H21ClN2O. The van der Waals surface area contributed by atoms with Crippen LogP contribution in [0.4, 0.5) is 5.69 Å². The Balaban J connectivity index is 2.38. The predicted molar refractivity (Wildman–Crippen MR) is 79.8 cm³/mol. The van der Waals surface area contributed by atoms with Gasteiger partial charge in [-0.3, -0.25) is 4.79 Å². The van der Waals surface area contributed by atoms with Crippen LogP contribution in [-0.2, 0) is 11.2 Å². The summed E-state index contributed by atoms with van der Waals surface area (Å²) < 4.78 is 0. The van der Waals surface area contributed by atoms with E-state index in [4.69, 9.17) is 11.6 Å². The Morgan fingerprint density at radius 2 is 2.16 bits per heavy atom. The fourth-order valence-electron chi connectivity index (χ4n) is 2.84. The van der Waals surface area contributed by atoms with Crippen molar-refractivity contribution < 1.29 is 4.79 Å². The third-order valence-corrected chi connectivity index (χ3v) is 3.91. The third kappa shape index (κ3) is 2.86. The van der Waals surface area contributed by atoms with Crippen LogP contribution in [0, 0.1) is 5.92 Å². The molecule has 1 aliphatic heterocycles. The average Bonchev–Trinajstić information content (AvgIpc) is 2.38. The smallest absolute Gasteiger partial charge is 0.242 e. The Bertz CT molecular complexity index is 473. The van der Waals surface area contributed by atoms with Crippen molar-refractivity contribution in [2.75, 3.05) is 18.5 Å². The van der Waals surface area contributed by atoms with Crippen molar-refractivity contribution >= 4 is 23.2 Å². The summed E-state index contributed by atoms with van der Waals surface area (Å²) in [5, 5.41) is 3.54. The van der Waals surface area contributed by atoms with Gasteiger partial charge in [0.25, 0.3) is 0 Å². The van der Waals surface area contributed by atoms with Crippen LogP contribution >= 0.6 is 11.6 Å². The molecule has 1 aromatic carbocycles. The minimum Gasteiger partial charge on any atom is -0.359 e. The number of likely N-dealkylation sites (N-methyl/N-ethyl adjacent to an activating group) is 1. The van der Waals surface area contributed by atoms with Gasteiger partial charge in [-0.2, -0.15) is 0 Å². The lowest BCUT2D eigenvalue weighted by atomic mass is 9.95. The van der Waals surface area contributed by atoms with Crippen LogP contribution in [0.3, 0.4) is 0 Å². The molecule has 0 aliphatic carbocycles. The third-order valence-electron chi connectivity index (χ3n) is 3.68. The van der Waals surface area contributed by atoms with Gasteiger partial charge in [-0.25, -0.2) is 0 Å². The standard InChI is InChI=1S/C15H21ClN2O/c1-10(2)14(15(19)17-3)18-8-4-5-11-9-12(16)6-7-13(11)18/h6-7,9-10,14H,4-5,8H2,1-3H3,(H,17,19). The maximum atomic E-state index is 12.2. The molecule has 104 valence electrons. The Morgan fingerprint density at radius 1 is 1.42 bits per heavy atom. The van der Waals surface area contributed by atoms with E-state index >= 15 is 0 Å². The summed E-state index contributed by atoms with van der Waals surface area (Å²) >= 11 is 6.06. The van der Waals surface area contributed by atoms with Gasteiger partial charge < -0.3 is 10.2 Å². The van der Waals surface area contributed by atoms with Crippen molar-refractivity contribution in [2.24, 2.45) is 5.92 Å². The summed E-state index contributed by atoms with van der Waals surface area (Å²) in [6.07, 6.45) is 2.10. The Labute approximate surface area is 119 Å². The van der Waals surface area contributed by atoms with Gasteiger partial charge in [-0.05, 0) is 42.5 Å². The van der Waals surface area contributed by atoms with Crippen LogP contribution in [0.15, 0.2) is 18.2 Å². The zero-order valence-electron chi connectivity index (χ0n) is 11.7. The fraction of sp³-hybridized carbons (Fsp3) is 0.533. The van der Waals surface area contributed by atoms with Gasteiger partial charge in [0.1, 0.15) is 6.04 Å². The van der Waals surface area contributed by atoms with Crippen molar-refractivity contribution in [1.29, 1.82) is 0 Å². The van der Waals surface area contributed by atoms with Gasteiger partial charge in [-0.1, -0.05) is 25.4 Å². The minimum atomic E-state index is -0.120. The Hall–Kier alpha value is -1.22. The molecule has 1 aromatic rings. The molecule has 3 nitrogen and oxygen atoms in total. The largest absolute Gasteiger partial charge is 0.359 e. The molecule has 1 atom stereocenters. The number of amides is 1. The molecule has 4 heteroatoms. The van der Waals surface area contributed by atoms with E-state index in [9.17, 15) is 4.79 Å². The molecule has 1 unspecified atom stereocenters. The Kier molecular flexibility index (Phi) is 4.35. The summed E-state index contributed by atoms with van der Waals surface area (Å²) in [6, 6.07) is 5.84.